The van der Waals surface area contributed by atoms with Crippen molar-refractivity contribution in [3.05, 3.63) is 179 Å². The molecule has 0 spiro atoms. The zero-order chi connectivity index (χ0) is 88.3. The van der Waals surface area contributed by atoms with Crippen molar-refractivity contribution in [2.45, 2.75) is 185 Å². The molecular formula is C86H106ClN19O16. The van der Waals surface area contributed by atoms with E-state index in [4.69, 9.17) is 23.1 Å². The number of halogens is 1. The maximum atomic E-state index is 15.5. The molecule has 0 saturated carbocycles. The summed E-state index contributed by atoms with van der Waals surface area (Å²) in [6, 6.07) is 24.4. The number of urea groups is 2. The number of carbonyl (C=O) groups is 15. The Bertz CT molecular complexity index is 4930. The van der Waals surface area contributed by atoms with Gasteiger partial charge in [-0.25, -0.2) is 14.6 Å². The third-order valence-corrected chi connectivity index (χ3v) is 20.6. The second-order valence-corrected chi connectivity index (χ2v) is 31.4. The smallest absolute Gasteiger partial charge is 0.322 e. The quantitative estimate of drug-likeness (QED) is 0.0244. The number of para-hydroxylation sites is 1. The van der Waals surface area contributed by atoms with Crippen LogP contribution in [0.1, 0.15) is 109 Å². The average Bonchev–Trinajstić information content (AvgIpc) is 1.65. The second-order valence-electron chi connectivity index (χ2n) is 31.0. The van der Waals surface area contributed by atoms with E-state index in [9.17, 15) is 48.3 Å². The Labute approximate surface area is 709 Å². The van der Waals surface area contributed by atoms with Gasteiger partial charge in [-0.05, 0) is 146 Å². The molecule has 3 heterocycles. The first-order chi connectivity index (χ1) is 58.2. The minimum absolute atomic E-state index is 0.00813. The van der Waals surface area contributed by atoms with Crippen molar-refractivity contribution in [2.75, 3.05) is 42.2 Å². The van der Waals surface area contributed by atoms with Crippen LogP contribution in [0.3, 0.4) is 0 Å². The summed E-state index contributed by atoms with van der Waals surface area (Å²) in [5.74, 6) is -10.9. The number of aliphatic hydroxyl groups is 1. The number of unbranched alkanes of at least 4 members (excludes halogenated alkanes) is 1. The van der Waals surface area contributed by atoms with E-state index in [0.717, 1.165) is 16.2 Å². The summed E-state index contributed by atoms with van der Waals surface area (Å²) < 4.78 is 0. The normalized spacial score (nSPS) is 16.0. The van der Waals surface area contributed by atoms with Crippen molar-refractivity contribution in [2.24, 2.45) is 17.4 Å². The van der Waals surface area contributed by atoms with E-state index in [1.165, 1.54) is 67.3 Å². The highest BCUT2D eigenvalue weighted by Gasteiger charge is 2.41. The van der Waals surface area contributed by atoms with Crippen molar-refractivity contribution in [3.8, 4) is 0 Å². The maximum Gasteiger partial charge on any atom is 0.322 e. The SMILES string of the molecule is CC(=O)N[C@H](Cc1ccc2ccccc2c1)C(=O)N[C@H](Cc1ccc(Cl)cc1)C(=O)N[C@@H](CNc1ccc2ccccc2n1)C(=O)N[C@@H](CO)C(=O)N[C@@H](Cc1ccc(NC(=O)[C@@H]2CC(=O)NC(=O)N2)cc1)C(=O)N[C@@H](Cc1ccc(NC(N)=O)cc1)C(=O)N[C@@H](CC(C)C)C(=O)N[C@@H](CCCCNC(C)C)C(=O)N1CCC[C@H]1C(=O)N[C@H](C)C(N)=O. The number of aliphatic hydroxyl groups excluding tert-OH is 1. The van der Waals surface area contributed by atoms with Gasteiger partial charge >= 0.3 is 12.1 Å². The Morgan fingerprint density at radius 1 is 0.533 bits per heavy atom. The molecule has 36 heteroatoms. The van der Waals surface area contributed by atoms with Gasteiger partial charge in [-0.1, -0.05) is 136 Å². The highest BCUT2D eigenvalue weighted by Crippen LogP contribution is 2.24. The number of aromatic nitrogens is 1. The second kappa shape index (κ2) is 44.8. The third kappa shape index (κ3) is 28.3. The molecule has 0 radical (unpaired) electrons. The molecule has 6 aromatic carbocycles. The van der Waals surface area contributed by atoms with Crippen LogP contribution in [0.25, 0.3) is 21.7 Å². The number of fused-ring (bicyclic) bond motifs is 2. The minimum Gasteiger partial charge on any atom is -0.394 e. The number of nitrogens with one attached hydrogen (secondary N) is 15. The molecule has 0 bridgehead atoms. The molecule has 2 fully saturated rings. The molecule has 7 aromatic rings. The number of likely N-dealkylation sites (tertiary alicyclic amines) is 1. The number of carbonyl (C=O) groups excluding carboxylic acids is 15. The van der Waals surface area contributed by atoms with Crippen molar-refractivity contribution >= 4 is 139 Å². The van der Waals surface area contributed by atoms with E-state index in [1.54, 1.807) is 62.4 Å². The molecule has 9 rings (SSSR count). The van der Waals surface area contributed by atoms with Gasteiger partial charge in [0.05, 0.1) is 18.5 Å². The van der Waals surface area contributed by atoms with Crippen LogP contribution >= 0.6 is 11.6 Å². The molecule has 2 aliphatic heterocycles. The summed E-state index contributed by atoms with van der Waals surface area (Å²) in [5.41, 5.74) is 13.7. The Morgan fingerprint density at radius 3 is 1.59 bits per heavy atom. The van der Waals surface area contributed by atoms with Crippen LogP contribution in [0.2, 0.25) is 5.02 Å². The van der Waals surface area contributed by atoms with Gasteiger partial charge < -0.3 is 95.9 Å². The summed E-state index contributed by atoms with van der Waals surface area (Å²) in [7, 11) is 0. The van der Waals surface area contributed by atoms with E-state index >= 15 is 28.8 Å². The maximum absolute atomic E-state index is 15.5. The number of imide groups is 1. The van der Waals surface area contributed by atoms with E-state index in [0.29, 0.717) is 53.0 Å². The van der Waals surface area contributed by atoms with Crippen LogP contribution in [0.4, 0.5) is 26.8 Å². The van der Waals surface area contributed by atoms with Gasteiger partial charge in [0.2, 0.25) is 76.8 Å². The van der Waals surface area contributed by atoms with Gasteiger partial charge in [-0.15, -0.1) is 0 Å². The Hall–Kier alpha value is -13.2. The largest absolute Gasteiger partial charge is 0.394 e. The summed E-state index contributed by atoms with van der Waals surface area (Å²) in [6.45, 7) is 9.25. The Kier molecular flexibility index (Phi) is 34.0. The molecule has 648 valence electrons. The van der Waals surface area contributed by atoms with Crippen molar-refractivity contribution in [1.82, 2.24) is 73.7 Å². The van der Waals surface area contributed by atoms with Crippen molar-refractivity contribution in [1.29, 1.82) is 0 Å². The van der Waals surface area contributed by atoms with Crippen LogP contribution in [-0.4, -0.2) is 203 Å². The monoisotopic (exact) mass is 1700 g/mol. The summed E-state index contributed by atoms with van der Waals surface area (Å²) in [4.78, 5) is 215. The number of rotatable bonds is 42. The van der Waals surface area contributed by atoms with Crippen molar-refractivity contribution in [3.63, 3.8) is 0 Å². The molecule has 0 unspecified atom stereocenters. The van der Waals surface area contributed by atoms with E-state index in [1.807, 2.05) is 68.4 Å². The number of hydrogen-bond acceptors (Lipinski definition) is 19. The lowest BCUT2D eigenvalue weighted by molar-refractivity contribution is -0.142. The summed E-state index contributed by atoms with van der Waals surface area (Å²) in [6.07, 6.45) is 0.358. The fourth-order valence-electron chi connectivity index (χ4n) is 14.0. The van der Waals surface area contributed by atoms with Gasteiger partial charge in [0.25, 0.3) is 0 Å². The zero-order valence-electron chi connectivity index (χ0n) is 68.5. The molecule has 20 N–H and O–H groups in total. The molecule has 122 heavy (non-hydrogen) atoms. The minimum atomic E-state index is -1.96. The number of nitrogens with zero attached hydrogens (tertiary/aromatic N) is 2. The van der Waals surface area contributed by atoms with Crippen LogP contribution < -0.4 is 91.2 Å². The standard InChI is InChI=1S/C86H106ClN19O16/c1-47(2)38-63(76(112)97-62(18-11-12-36-90-48(3)4)84(120)106-37-13-19-71(106)83(119)92-49(5)74(88)110)98-78(114)65(41-53-25-33-60(34-26-53)95-85(89)121)100-79(115)66(42-52-23-31-59(32-24-52)94-75(111)68-44-73(109)105-86(122)104-68)101-82(118)70(46-107)103-81(117)69(45-91-72-35-28-56-15-9-10-17-61(56)96-72)102-80(116)67(40-51-21-29-58(87)30-22-51)99-77(113)64(93-50(6)108)43-54-20-27-55-14-7-8-16-57(55)39-54/h7-10,14-17,20-35,39,47-49,62-71,90,107H,11-13,18-19,36-38,40-46H2,1-6H3,(H2,88,110)(H,91,96)(H,92,119)(H,93,108)(H,94,111)(H,97,112)(H,98,114)(H,99,113)(H,100,115)(H,101,118)(H,102,116)(H,103,117)(H3,89,95,121)(H2,104,105,109,122)/t49-,62+,63+,64-,65+,66+,67-,68+,69+,70+,71+/m1/s1. The predicted octanol–water partition coefficient (Wildman–Crippen LogP) is 2.54. The molecule has 2 saturated heterocycles. The van der Waals surface area contributed by atoms with Gasteiger partial charge in [0.15, 0.2) is 0 Å². The summed E-state index contributed by atoms with van der Waals surface area (Å²) >= 11 is 6.30. The lowest BCUT2D eigenvalue weighted by Crippen LogP contribution is -2.62. The number of hydrogen-bond donors (Lipinski definition) is 18. The predicted molar refractivity (Wildman–Crippen MR) is 456 cm³/mol. The van der Waals surface area contributed by atoms with Gasteiger partial charge in [-0.2, -0.15) is 0 Å². The number of nitrogens with two attached hydrogens (primary N) is 2. The molecule has 17 amide bonds. The van der Waals surface area contributed by atoms with Crippen LogP contribution in [0.15, 0.2) is 152 Å². The molecule has 1 aromatic heterocycles. The topological polar surface area (TPSA) is 525 Å². The third-order valence-electron chi connectivity index (χ3n) is 20.4. The number of amides is 17. The van der Waals surface area contributed by atoms with E-state index < -0.39 is 175 Å². The number of benzene rings is 6. The molecule has 11 atom stereocenters. The average molecular weight is 1700 g/mol. The Balaban J connectivity index is 1.03. The molecule has 2 aliphatic rings. The lowest BCUT2D eigenvalue weighted by Gasteiger charge is -2.31. The van der Waals surface area contributed by atoms with Gasteiger partial charge in [0.1, 0.15) is 72.3 Å². The first-order valence-corrected chi connectivity index (χ1v) is 40.7. The van der Waals surface area contributed by atoms with Crippen molar-refractivity contribution < 1.29 is 77.0 Å². The van der Waals surface area contributed by atoms with Crippen LogP contribution in [-0.2, 0) is 88.0 Å². The first kappa shape index (κ1) is 92.7. The van der Waals surface area contributed by atoms with Gasteiger partial charge in [-0.3, -0.25) is 67.6 Å². The number of anilines is 3. The molecule has 0 aliphatic carbocycles. The lowest BCUT2D eigenvalue weighted by atomic mass is 9.99. The highest BCUT2D eigenvalue weighted by molar-refractivity contribution is 6.30. The Morgan fingerprint density at radius 2 is 1.02 bits per heavy atom. The van der Waals surface area contributed by atoms with Gasteiger partial charge in [0, 0.05) is 73.5 Å². The fraction of sp³-hybridized carbons (Fsp3) is 0.395. The van der Waals surface area contributed by atoms with Crippen LogP contribution in [0, 0.1) is 5.92 Å². The highest BCUT2D eigenvalue weighted by atomic mass is 35.5. The number of primary amides is 2. The fourth-order valence-corrected chi connectivity index (χ4v) is 14.1. The van der Waals surface area contributed by atoms with E-state index in [2.05, 4.69) is 84.7 Å². The van der Waals surface area contributed by atoms with E-state index in [-0.39, 0.29) is 86.2 Å². The number of pyridine rings is 1. The molecule has 35 nitrogen and oxygen atoms in total. The zero-order valence-corrected chi connectivity index (χ0v) is 69.3. The first-order valence-electron chi connectivity index (χ1n) is 40.4. The van der Waals surface area contributed by atoms with Crippen LogP contribution in [0.5, 0.6) is 0 Å². The molecular weight excluding hydrogens is 1590 g/mol. The summed E-state index contributed by atoms with van der Waals surface area (Å²) in [5, 5.41) is 54.4.